The Labute approximate surface area is 215 Å². The molecule has 0 aliphatic rings. The summed E-state index contributed by atoms with van der Waals surface area (Å²) in [6.07, 6.45) is 2.75. The second-order valence-corrected chi connectivity index (χ2v) is 10.7. The molecule has 0 fully saturated rings. The van der Waals surface area contributed by atoms with Gasteiger partial charge in [-0.3, -0.25) is 9.59 Å². The van der Waals surface area contributed by atoms with Crippen LogP contribution in [0.3, 0.4) is 0 Å². The quantitative estimate of drug-likeness (QED) is 0.356. The molecule has 0 radical (unpaired) electrons. The summed E-state index contributed by atoms with van der Waals surface area (Å²) in [5, 5.41) is 3.03. The summed E-state index contributed by atoms with van der Waals surface area (Å²) in [6.45, 7) is 8.92. The number of benzene rings is 2. The lowest BCUT2D eigenvalue weighted by Crippen LogP contribution is -2.34. The molecular formula is C30H39N3O3. The van der Waals surface area contributed by atoms with Gasteiger partial charge in [-0.25, -0.2) is 0 Å². The maximum Gasteiger partial charge on any atom is 0.230 e. The zero-order chi connectivity index (χ0) is 26.3. The lowest BCUT2D eigenvalue weighted by atomic mass is 9.92. The van der Waals surface area contributed by atoms with Gasteiger partial charge in [0.2, 0.25) is 11.8 Å². The van der Waals surface area contributed by atoms with E-state index >= 15 is 0 Å². The molecule has 1 atom stereocenters. The molecule has 6 nitrogen and oxygen atoms in total. The number of anilines is 2. The van der Waals surface area contributed by atoms with E-state index in [1.807, 2.05) is 112 Å². The second kappa shape index (κ2) is 11.9. The number of nitrogens with zero attached hydrogens (tertiary/aromatic N) is 2. The third-order valence-corrected chi connectivity index (χ3v) is 6.04. The molecule has 0 aliphatic carbocycles. The summed E-state index contributed by atoms with van der Waals surface area (Å²) < 4.78 is 5.61. The van der Waals surface area contributed by atoms with Gasteiger partial charge in [-0.15, -0.1) is 0 Å². The highest BCUT2D eigenvalue weighted by molar-refractivity contribution is 5.91. The van der Waals surface area contributed by atoms with Crippen LogP contribution in [0.1, 0.15) is 63.3 Å². The van der Waals surface area contributed by atoms with Gasteiger partial charge in [0.1, 0.15) is 5.76 Å². The second-order valence-electron chi connectivity index (χ2n) is 10.7. The minimum Gasteiger partial charge on any atom is -0.467 e. The van der Waals surface area contributed by atoms with Gasteiger partial charge < -0.3 is 19.5 Å². The number of nitrogens with one attached hydrogen (secondary N) is 1. The summed E-state index contributed by atoms with van der Waals surface area (Å²) in [4.78, 5) is 30.4. The minimum absolute atomic E-state index is 0.0234. The van der Waals surface area contributed by atoms with E-state index in [1.54, 1.807) is 6.26 Å². The molecule has 3 rings (SSSR count). The molecule has 0 spiro atoms. The van der Waals surface area contributed by atoms with Gasteiger partial charge in [0.25, 0.3) is 0 Å². The Kier molecular flexibility index (Phi) is 8.97. The third-order valence-electron chi connectivity index (χ3n) is 6.04. The van der Waals surface area contributed by atoms with E-state index in [-0.39, 0.29) is 23.1 Å². The number of amides is 2. The predicted octanol–water partition coefficient (Wildman–Crippen LogP) is 6.44. The third kappa shape index (κ3) is 7.48. The molecule has 0 aliphatic heterocycles. The summed E-state index contributed by atoms with van der Waals surface area (Å²) in [5.74, 6) is 0.502. The molecule has 1 N–H and O–H groups in total. The van der Waals surface area contributed by atoms with E-state index in [4.69, 9.17) is 4.42 Å². The maximum absolute atomic E-state index is 13.9. The van der Waals surface area contributed by atoms with Crippen LogP contribution in [0.5, 0.6) is 0 Å². The van der Waals surface area contributed by atoms with Crippen molar-refractivity contribution < 1.29 is 14.0 Å². The van der Waals surface area contributed by atoms with E-state index in [2.05, 4.69) is 5.32 Å². The van der Waals surface area contributed by atoms with Crippen molar-refractivity contribution in [2.45, 2.75) is 59.5 Å². The first-order valence-corrected chi connectivity index (χ1v) is 12.5. The number of rotatable bonds is 10. The molecular weight excluding hydrogens is 450 g/mol. The van der Waals surface area contributed by atoms with Gasteiger partial charge in [0, 0.05) is 38.4 Å². The minimum atomic E-state index is -0.251. The Morgan fingerprint density at radius 2 is 1.69 bits per heavy atom. The topological polar surface area (TPSA) is 65.8 Å². The average Bonchev–Trinajstić information content (AvgIpc) is 3.31. The molecule has 1 unspecified atom stereocenters. The molecule has 192 valence electrons. The Balaban J connectivity index is 1.94. The van der Waals surface area contributed by atoms with Crippen molar-refractivity contribution in [1.82, 2.24) is 4.90 Å². The Morgan fingerprint density at radius 1 is 0.972 bits per heavy atom. The Hall–Kier alpha value is -3.54. The van der Waals surface area contributed by atoms with Crippen LogP contribution in [-0.2, 0) is 22.7 Å². The average molecular weight is 490 g/mol. The van der Waals surface area contributed by atoms with Crippen molar-refractivity contribution in [3.63, 3.8) is 0 Å². The SMILES string of the molecule is CCC(C(=O)N(Cc1ccco1)Cc1cc(NC(=O)CC(C)(C)C)ccc1N(C)C)c1ccccc1. The molecule has 2 amide bonds. The van der Waals surface area contributed by atoms with Gasteiger partial charge in [-0.05, 0) is 53.3 Å². The molecule has 0 bridgehead atoms. The molecule has 6 heteroatoms. The summed E-state index contributed by atoms with van der Waals surface area (Å²) in [7, 11) is 3.96. The van der Waals surface area contributed by atoms with Crippen molar-refractivity contribution in [3.05, 3.63) is 83.8 Å². The highest BCUT2D eigenvalue weighted by Gasteiger charge is 2.26. The van der Waals surface area contributed by atoms with Crippen molar-refractivity contribution in [2.24, 2.45) is 5.41 Å². The first-order valence-electron chi connectivity index (χ1n) is 12.5. The van der Waals surface area contributed by atoms with Crippen LogP contribution < -0.4 is 10.2 Å². The number of carbonyl (C=O) groups is 2. The monoisotopic (exact) mass is 489 g/mol. The highest BCUT2D eigenvalue weighted by Crippen LogP contribution is 2.29. The van der Waals surface area contributed by atoms with Crippen LogP contribution >= 0.6 is 0 Å². The normalized spacial score (nSPS) is 12.2. The zero-order valence-electron chi connectivity index (χ0n) is 22.4. The highest BCUT2D eigenvalue weighted by atomic mass is 16.3. The Morgan fingerprint density at radius 3 is 2.28 bits per heavy atom. The van der Waals surface area contributed by atoms with Crippen LogP contribution in [0, 0.1) is 5.41 Å². The van der Waals surface area contributed by atoms with Crippen LogP contribution in [0.2, 0.25) is 0 Å². The number of hydrogen-bond acceptors (Lipinski definition) is 4. The molecule has 36 heavy (non-hydrogen) atoms. The molecule has 2 aromatic carbocycles. The summed E-state index contributed by atoms with van der Waals surface area (Å²) in [5.41, 5.74) is 3.58. The molecule has 1 aromatic heterocycles. The molecule has 1 heterocycles. The van der Waals surface area contributed by atoms with Gasteiger partial charge in [-0.2, -0.15) is 0 Å². The first kappa shape index (κ1) is 27.1. The lowest BCUT2D eigenvalue weighted by Gasteiger charge is -2.29. The van der Waals surface area contributed by atoms with Crippen molar-refractivity contribution >= 4 is 23.2 Å². The van der Waals surface area contributed by atoms with Crippen LogP contribution in [0.25, 0.3) is 0 Å². The van der Waals surface area contributed by atoms with Gasteiger partial charge in [0.15, 0.2) is 0 Å². The van der Waals surface area contributed by atoms with Crippen LogP contribution in [0.4, 0.5) is 11.4 Å². The van der Waals surface area contributed by atoms with E-state index in [1.165, 1.54) is 0 Å². The summed E-state index contributed by atoms with van der Waals surface area (Å²) >= 11 is 0. The number of furan rings is 1. The Bertz CT molecular complexity index is 1130. The maximum atomic E-state index is 13.9. The zero-order valence-corrected chi connectivity index (χ0v) is 22.4. The fourth-order valence-electron chi connectivity index (χ4n) is 4.38. The predicted molar refractivity (Wildman–Crippen MR) is 146 cm³/mol. The number of hydrogen-bond donors (Lipinski definition) is 1. The molecule has 0 saturated carbocycles. The van der Waals surface area contributed by atoms with Crippen LogP contribution in [-0.4, -0.2) is 30.8 Å². The van der Waals surface area contributed by atoms with Gasteiger partial charge in [0.05, 0.1) is 18.7 Å². The van der Waals surface area contributed by atoms with Gasteiger partial charge in [-0.1, -0.05) is 58.0 Å². The van der Waals surface area contributed by atoms with E-state index < -0.39 is 0 Å². The smallest absolute Gasteiger partial charge is 0.230 e. The largest absolute Gasteiger partial charge is 0.467 e. The van der Waals surface area contributed by atoms with Crippen LogP contribution in [0.15, 0.2) is 71.3 Å². The fraction of sp³-hybridized carbons (Fsp3) is 0.400. The van der Waals surface area contributed by atoms with Crippen molar-refractivity contribution in [2.75, 3.05) is 24.3 Å². The van der Waals surface area contributed by atoms with E-state index in [0.29, 0.717) is 25.9 Å². The lowest BCUT2D eigenvalue weighted by molar-refractivity contribution is -0.134. The molecule has 3 aromatic rings. The standard InChI is InChI=1S/C30H39N3O3/c1-7-26(22-12-9-8-10-13-22)29(35)33(21-25-14-11-17-36-25)20-23-18-24(15-16-27(23)32(5)6)31-28(34)19-30(2,3)4/h8-18,26H,7,19-21H2,1-6H3,(H,31,34). The first-order chi connectivity index (χ1) is 17.1. The fourth-order valence-corrected chi connectivity index (χ4v) is 4.38. The molecule has 0 saturated heterocycles. The van der Waals surface area contributed by atoms with Gasteiger partial charge >= 0.3 is 0 Å². The van der Waals surface area contributed by atoms with Crippen molar-refractivity contribution in [3.8, 4) is 0 Å². The summed E-state index contributed by atoms with van der Waals surface area (Å²) in [6, 6.07) is 19.5. The van der Waals surface area contributed by atoms with E-state index in [0.717, 1.165) is 28.3 Å². The van der Waals surface area contributed by atoms with E-state index in [9.17, 15) is 9.59 Å². The number of carbonyl (C=O) groups excluding carboxylic acids is 2. The van der Waals surface area contributed by atoms with Crippen molar-refractivity contribution in [1.29, 1.82) is 0 Å².